The monoisotopic (exact) mass is 493 g/mol. The molecule has 0 radical (unpaired) electrons. The molecule has 0 saturated carbocycles. The molecule has 1 aromatic heterocycles. The van der Waals surface area contributed by atoms with Gasteiger partial charge < -0.3 is 23.9 Å². The molecule has 2 heterocycles. The Labute approximate surface area is 195 Å². The van der Waals surface area contributed by atoms with Crippen LogP contribution in [0.3, 0.4) is 0 Å². The zero-order valence-electron chi connectivity index (χ0n) is 17.7. The Morgan fingerprint density at radius 1 is 1.24 bits per heavy atom. The summed E-state index contributed by atoms with van der Waals surface area (Å²) in [4.78, 5) is 59.2. The number of nitro groups is 1. The number of urea groups is 1. The third-order valence-electron chi connectivity index (χ3n) is 4.44. The predicted molar refractivity (Wildman–Crippen MR) is 113 cm³/mol. The zero-order valence-corrected chi connectivity index (χ0v) is 18.4. The summed E-state index contributed by atoms with van der Waals surface area (Å²) < 4.78 is 19.3. The van der Waals surface area contributed by atoms with Crippen molar-refractivity contribution in [1.29, 1.82) is 0 Å². The van der Waals surface area contributed by atoms with Crippen LogP contribution in [0.2, 0.25) is 5.02 Å². The van der Waals surface area contributed by atoms with Crippen molar-refractivity contribution in [1.82, 2.24) is 10.2 Å². The van der Waals surface area contributed by atoms with Crippen molar-refractivity contribution in [3.8, 4) is 5.75 Å². The SMILES string of the molecule is COC(=O)COc1c(Cl)cc(C=C2NC(=O)N(Cc3ccc(C(=O)OC)o3)C2=O)cc1[N+](=O)[O-]. The number of furan rings is 1. The van der Waals surface area contributed by atoms with E-state index in [1.54, 1.807) is 0 Å². The van der Waals surface area contributed by atoms with E-state index >= 15 is 0 Å². The van der Waals surface area contributed by atoms with Crippen LogP contribution in [0.5, 0.6) is 5.75 Å². The molecule has 1 saturated heterocycles. The first-order chi connectivity index (χ1) is 16.1. The van der Waals surface area contributed by atoms with Crippen LogP contribution in [0.25, 0.3) is 6.08 Å². The van der Waals surface area contributed by atoms with Gasteiger partial charge in [-0.05, 0) is 29.8 Å². The second-order valence-electron chi connectivity index (χ2n) is 6.61. The fourth-order valence-electron chi connectivity index (χ4n) is 2.86. The molecule has 1 N–H and O–H groups in total. The highest BCUT2D eigenvalue weighted by atomic mass is 35.5. The number of hydrogen-bond donors (Lipinski definition) is 1. The number of esters is 2. The zero-order chi connectivity index (χ0) is 25.0. The molecule has 1 aliphatic heterocycles. The summed E-state index contributed by atoms with van der Waals surface area (Å²) in [5.41, 5.74) is -0.639. The smallest absolute Gasteiger partial charge is 0.373 e. The van der Waals surface area contributed by atoms with Crippen LogP contribution in [-0.4, -0.2) is 54.5 Å². The fraction of sp³-hybridized carbons (Fsp3) is 0.200. The maximum absolute atomic E-state index is 12.7. The lowest BCUT2D eigenvalue weighted by Gasteiger charge is -2.09. The summed E-state index contributed by atoms with van der Waals surface area (Å²) in [5.74, 6) is -2.55. The van der Waals surface area contributed by atoms with Crippen LogP contribution in [0.4, 0.5) is 10.5 Å². The number of methoxy groups -OCH3 is 2. The lowest BCUT2D eigenvalue weighted by molar-refractivity contribution is -0.385. The molecule has 1 aromatic carbocycles. The molecule has 0 spiro atoms. The Kier molecular flexibility index (Phi) is 7.16. The molecule has 0 aliphatic carbocycles. The van der Waals surface area contributed by atoms with Gasteiger partial charge in [-0.25, -0.2) is 14.4 Å². The van der Waals surface area contributed by atoms with Gasteiger partial charge in [0.25, 0.3) is 5.91 Å². The number of rotatable bonds is 8. The molecule has 14 heteroatoms. The van der Waals surface area contributed by atoms with E-state index in [0.717, 1.165) is 18.1 Å². The summed E-state index contributed by atoms with van der Waals surface area (Å²) in [6.45, 7) is -0.883. The number of carbonyl (C=O) groups is 4. The van der Waals surface area contributed by atoms with Gasteiger partial charge in [0.2, 0.25) is 11.5 Å². The molecule has 1 fully saturated rings. The van der Waals surface area contributed by atoms with Gasteiger partial charge >= 0.3 is 23.7 Å². The van der Waals surface area contributed by atoms with Crippen molar-refractivity contribution in [2.45, 2.75) is 6.54 Å². The van der Waals surface area contributed by atoms with E-state index in [4.69, 9.17) is 20.8 Å². The minimum absolute atomic E-state index is 0.100. The molecule has 1 aliphatic rings. The highest BCUT2D eigenvalue weighted by molar-refractivity contribution is 6.32. The lowest BCUT2D eigenvalue weighted by Crippen LogP contribution is -2.30. The number of ether oxygens (including phenoxy) is 3. The summed E-state index contributed by atoms with van der Waals surface area (Å²) in [6, 6.07) is 4.28. The summed E-state index contributed by atoms with van der Waals surface area (Å²) in [6.07, 6.45) is 1.19. The van der Waals surface area contributed by atoms with Crippen LogP contribution >= 0.6 is 11.6 Å². The van der Waals surface area contributed by atoms with Crippen molar-refractivity contribution < 1.29 is 42.7 Å². The minimum atomic E-state index is -0.780. The molecule has 0 atom stereocenters. The van der Waals surface area contributed by atoms with E-state index in [1.165, 1.54) is 31.4 Å². The Hall–Kier alpha value is -4.39. The largest absolute Gasteiger partial charge is 0.474 e. The van der Waals surface area contributed by atoms with Gasteiger partial charge in [-0.2, -0.15) is 0 Å². The molecule has 34 heavy (non-hydrogen) atoms. The maximum Gasteiger partial charge on any atom is 0.373 e. The Balaban J connectivity index is 1.83. The Bertz CT molecular complexity index is 1220. The van der Waals surface area contributed by atoms with E-state index in [9.17, 15) is 29.3 Å². The molecule has 3 amide bonds. The average molecular weight is 494 g/mol. The molecule has 178 valence electrons. The van der Waals surface area contributed by atoms with Crippen molar-refractivity contribution in [3.63, 3.8) is 0 Å². The molecule has 13 nitrogen and oxygen atoms in total. The molecule has 0 unspecified atom stereocenters. The number of halogens is 1. The molecular formula is C20H16ClN3O10. The first kappa shape index (κ1) is 24.3. The van der Waals surface area contributed by atoms with E-state index in [1.807, 2.05) is 0 Å². The standard InChI is InChI=1S/C20H16ClN3O10/c1-31-16(25)9-33-17-12(21)5-10(7-14(17)24(29)30)6-13-18(26)23(20(28)22-13)8-11-3-4-15(34-11)19(27)32-2/h3-7H,8-9H2,1-2H3,(H,22,28). The quantitative estimate of drug-likeness (QED) is 0.189. The number of nitro benzene ring substituents is 1. The molecule has 2 aromatic rings. The van der Waals surface area contributed by atoms with Crippen LogP contribution < -0.4 is 10.1 Å². The van der Waals surface area contributed by atoms with Crippen molar-refractivity contribution >= 4 is 47.2 Å². The number of nitrogens with zero attached hydrogens (tertiary/aromatic N) is 2. The summed E-state index contributed by atoms with van der Waals surface area (Å²) in [7, 11) is 2.30. The van der Waals surface area contributed by atoms with E-state index < -0.39 is 41.1 Å². The highest BCUT2D eigenvalue weighted by Gasteiger charge is 2.34. The number of benzene rings is 1. The number of imide groups is 1. The van der Waals surface area contributed by atoms with Crippen molar-refractivity contribution in [3.05, 3.63) is 62.2 Å². The van der Waals surface area contributed by atoms with Gasteiger partial charge in [-0.15, -0.1) is 0 Å². The van der Waals surface area contributed by atoms with Gasteiger partial charge in [0.05, 0.1) is 30.7 Å². The minimum Gasteiger partial charge on any atom is -0.474 e. The second kappa shape index (κ2) is 10.0. The first-order valence-electron chi connectivity index (χ1n) is 9.33. The third kappa shape index (κ3) is 5.15. The molecule has 3 rings (SSSR count). The number of hydrogen-bond acceptors (Lipinski definition) is 10. The normalized spacial score (nSPS) is 14.2. The van der Waals surface area contributed by atoms with Crippen LogP contribution in [0, 0.1) is 10.1 Å². The number of nitrogens with one attached hydrogen (secondary N) is 1. The number of amides is 3. The maximum atomic E-state index is 12.7. The topological polar surface area (TPSA) is 168 Å². The Morgan fingerprint density at radius 3 is 2.62 bits per heavy atom. The predicted octanol–water partition coefficient (Wildman–Crippen LogP) is 2.27. The van der Waals surface area contributed by atoms with Crippen LogP contribution in [0.1, 0.15) is 21.9 Å². The highest BCUT2D eigenvalue weighted by Crippen LogP contribution is 2.37. The molecular weight excluding hydrogens is 478 g/mol. The third-order valence-corrected chi connectivity index (χ3v) is 4.72. The summed E-state index contributed by atoms with van der Waals surface area (Å²) >= 11 is 6.09. The fourth-order valence-corrected chi connectivity index (χ4v) is 3.14. The van der Waals surface area contributed by atoms with E-state index in [0.29, 0.717) is 0 Å². The van der Waals surface area contributed by atoms with Crippen molar-refractivity contribution in [2.75, 3.05) is 20.8 Å². The number of carbonyl (C=O) groups excluding carboxylic acids is 4. The second-order valence-corrected chi connectivity index (χ2v) is 7.02. The van der Waals surface area contributed by atoms with Gasteiger partial charge in [-0.3, -0.25) is 19.8 Å². The van der Waals surface area contributed by atoms with Crippen LogP contribution in [-0.2, 0) is 25.6 Å². The van der Waals surface area contributed by atoms with Crippen molar-refractivity contribution in [2.24, 2.45) is 0 Å². The van der Waals surface area contributed by atoms with E-state index in [-0.39, 0.29) is 40.1 Å². The van der Waals surface area contributed by atoms with E-state index in [2.05, 4.69) is 14.8 Å². The Morgan fingerprint density at radius 2 is 1.97 bits per heavy atom. The van der Waals surface area contributed by atoms with Gasteiger partial charge in [-0.1, -0.05) is 11.6 Å². The lowest BCUT2D eigenvalue weighted by atomic mass is 10.1. The molecule has 0 bridgehead atoms. The summed E-state index contributed by atoms with van der Waals surface area (Å²) in [5, 5.41) is 13.6. The van der Waals surface area contributed by atoms with Gasteiger partial charge in [0, 0.05) is 6.07 Å². The van der Waals surface area contributed by atoms with Crippen LogP contribution in [0.15, 0.2) is 34.4 Å². The van der Waals surface area contributed by atoms with Gasteiger partial charge in [0.15, 0.2) is 6.61 Å². The van der Waals surface area contributed by atoms with Gasteiger partial charge in [0.1, 0.15) is 11.5 Å². The average Bonchev–Trinajstić information content (AvgIpc) is 3.37. The first-order valence-corrected chi connectivity index (χ1v) is 9.71.